The van der Waals surface area contributed by atoms with Gasteiger partial charge in [-0.05, 0) is 18.2 Å². The largest absolute Gasteiger partial charge is 0.456 e. The molecule has 0 bridgehead atoms. The topological polar surface area (TPSA) is 120 Å². The van der Waals surface area contributed by atoms with E-state index in [0.29, 0.717) is 23.6 Å². The third kappa shape index (κ3) is 4.51. The van der Waals surface area contributed by atoms with Crippen LogP contribution in [0.1, 0.15) is 43.7 Å². The monoisotopic (exact) mass is 435 g/mol. The Balaban J connectivity index is 1.65. The Morgan fingerprint density at radius 3 is 2.63 bits per heavy atom. The van der Waals surface area contributed by atoms with E-state index in [1.54, 1.807) is 12.1 Å². The zero-order chi connectivity index (χ0) is 22.1. The van der Waals surface area contributed by atoms with Crippen LogP contribution < -0.4 is 0 Å². The Morgan fingerprint density at radius 1 is 1.27 bits per heavy atom. The van der Waals surface area contributed by atoms with Crippen molar-refractivity contribution in [1.82, 2.24) is 24.0 Å². The summed E-state index contributed by atoms with van der Waals surface area (Å²) in [5.74, 6) is 1.19. The molecule has 0 saturated carbocycles. The highest BCUT2D eigenvalue weighted by Crippen LogP contribution is 2.22. The Kier molecular flexibility index (Phi) is 6.22. The third-order valence-corrected chi connectivity index (χ3v) is 6.44. The predicted octanol–water partition coefficient (Wildman–Crippen LogP) is 2.01. The molecule has 10 nitrogen and oxygen atoms in total. The second kappa shape index (κ2) is 8.52. The zero-order valence-corrected chi connectivity index (χ0v) is 18.4. The van der Waals surface area contributed by atoms with Crippen molar-refractivity contribution in [3.8, 4) is 0 Å². The molecular weight excluding hydrogens is 410 g/mol. The summed E-state index contributed by atoms with van der Waals surface area (Å²) in [5, 5.41) is 3.82. The number of fused-ring (bicyclic) bond motifs is 1. The molecule has 0 spiro atoms. The molecule has 0 radical (unpaired) electrons. The molecule has 0 amide bonds. The van der Waals surface area contributed by atoms with E-state index in [-0.39, 0.29) is 29.7 Å². The van der Waals surface area contributed by atoms with Crippen molar-refractivity contribution in [2.24, 2.45) is 7.05 Å². The van der Waals surface area contributed by atoms with Gasteiger partial charge in [-0.1, -0.05) is 19.0 Å². The van der Waals surface area contributed by atoms with Crippen molar-refractivity contribution in [3.63, 3.8) is 0 Å². The number of carbonyl (C=O) groups is 1. The maximum absolute atomic E-state index is 12.3. The number of aryl methyl sites for hydroxylation is 2. The van der Waals surface area contributed by atoms with E-state index in [4.69, 9.17) is 9.26 Å². The molecule has 162 valence electrons. The molecule has 3 rings (SSSR count). The molecule has 0 aliphatic rings. The van der Waals surface area contributed by atoms with Gasteiger partial charge in [-0.3, -0.25) is 4.79 Å². The summed E-state index contributed by atoms with van der Waals surface area (Å²) in [4.78, 5) is 20.9. The van der Waals surface area contributed by atoms with Crippen molar-refractivity contribution < 1.29 is 22.5 Å². The molecule has 2 aromatic heterocycles. The number of aromatic nitrogens is 4. The van der Waals surface area contributed by atoms with E-state index >= 15 is 0 Å². The number of esters is 1. The lowest BCUT2D eigenvalue weighted by Gasteiger charge is -2.10. The van der Waals surface area contributed by atoms with Crippen molar-refractivity contribution in [2.75, 3.05) is 14.1 Å². The number of sulfonamides is 1. The lowest BCUT2D eigenvalue weighted by molar-refractivity contribution is -0.145. The Morgan fingerprint density at radius 2 is 2.00 bits per heavy atom. The molecule has 0 fully saturated rings. The highest BCUT2D eigenvalue weighted by atomic mass is 32.2. The number of hydrogen-bond acceptors (Lipinski definition) is 8. The molecule has 2 heterocycles. The highest BCUT2D eigenvalue weighted by Gasteiger charge is 2.19. The van der Waals surface area contributed by atoms with E-state index in [2.05, 4.69) is 15.1 Å². The fraction of sp³-hybridized carbons (Fsp3) is 0.474. The SMILES string of the molecule is CC(C)c1noc(COC(=O)CCc2nc3cc(S(=O)(=O)N(C)C)ccc3n2C)n1. The molecule has 30 heavy (non-hydrogen) atoms. The summed E-state index contributed by atoms with van der Waals surface area (Å²) in [6.07, 6.45) is 0.464. The first-order valence-electron chi connectivity index (χ1n) is 9.45. The lowest BCUT2D eigenvalue weighted by Crippen LogP contribution is -2.22. The van der Waals surface area contributed by atoms with Crippen LogP contribution in [0.2, 0.25) is 0 Å². The third-order valence-electron chi connectivity index (χ3n) is 4.63. The van der Waals surface area contributed by atoms with Gasteiger partial charge in [-0.2, -0.15) is 4.98 Å². The standard InChI is InChI=1S/C19H25N5O5S/c1-12(2)19-21-17(29-22-19)11-28-18(25)9-8-16-20-14-10-13(30(26,27)23(3)4)6-7-15(14)24(16)5/h6-7,10,12H,8-9,11H2,1-5H3. The Hall–Kier alpha value is -2.79. The molecule has 0 saturated heterocycles. The second-order valence-corrected chi connectivity index (χ2v) is 9.54. The lowest BCUT2D eigenvalue weighted by atomic mass is 10.2. The maximum atomic E-state index is 12.3. The van der Waals surface area contributed by atoms with Crippen LogP contribution in [-0.4, -0.2) is 52.5 Å². The summed E-state index contributed by atoms with van der Waals surface area (Å²) >= 11 is 0. The quantitative estimate of drug-likeness (QED) is 0.493. The number of nitrogens with zero attached hydrogens (tertiary/aromatic N) is 5. The molecule has 1 aromatic carbocycles. The number of benzene rings is 1. The van der Waals surface area contributed by atoms with Crippen LogP contribution in [0.15, 0.2) is 27.6 Å². The molecule has 0 aliphatic carbocycles. The number of ether oxygens (including phenoxy) is 1. The van der Waals surface area contributed by atoms with Crippen LogP contribution >= 0.6 is 0 Å². The average molecular weight is 436 g/mol. The fourth-order valence-electron chi connectivity index (χ4n) is 2.81. The predicted molar refractivity (Wildman–Crippen MR) is 108 cm³/mol. The first-order valence-corrected chi connectivity index (χ1v) is 10.9. The molecule has 3 aromatic rings. The summed E-state index contributed by atoms with van der Waals surface area (Å²) in [6, 6.07) is 4.80. The fourth-order valence-corrected chi connectivity index (χ4v) is 3.74. The minimum absolute atomic E-state index is 0.0765. The van der Waals surface area contributed by atoms with Crippen LogP contribution in [0.3, 0.4) is 0 Å². The highest BCUT2D eigenvalue weighted by molar-refractivity contribution is 7.89. The van der Waals surface area contributed by atoms with Crippen molar-refractivity contribution in [3.05, 3.63) is 35.7 Å². The van der Waals surface area contributed by atoms with E-state index in [0.717, 1.165) is 9.82 Å². The van der Waals surface area contributed by atoms with E-state index in [9.17, 15) is 13.2 Å². The first-order chi connectivity index (χ1) is 14.1. The van der Waals surface area contributed by atoms with Gasteiger partial charge in [0.2, 0.25) is 10.0 Å². The van der Waals surface area contributed by atoms with Gasteiger partial charge in [0.25, 0.3) is 5.89 Å². The molecule has 0 aliphatic heterocycles. The summed E-state index contributed by atoms with van der Waals surface area (Å²) < 4.78 is 37.9. The van der Waals surface area contributed by atoms with Crippen LogP contribution in [0.25, 0.3) is 11.0 Å². The van der Waals surface area contributed by atoms with Crippen LogP contribution in [-0.2, 0) is 39.6 Å². The van der Waals surface area contributed by atoms with Gasteiger partial charge in [0.15, 0.2) is 12.4 Å². The van der Waals surface area contributed by atoms with Crippen molar-refractivity contribution in [2.45, 2.75) is 44.1 Å². The normalized spacial score (nSPS) is 12.2. The van der Waals surface area contributed by atoms with Gasteiger partial charge in [-0.25, -0.2) is 17.7 Å². The zero-order valence-electron chi connectivity index (χ0n) is 17.6. The van der Waals surface area contributed by atoms with Gasteiger partial charge in [0.1, 0.15) is 5.82 Å². The molecule has 0 N–H and O–H groups in total. The Bertz CT molecular complexity index is 1160. The smallest absolute Gasteiger partial charge is 0.306 e. The Labute approximate surface area is 174 Å². The van der Waals surface area contributed by atoms with Gasteiger partial charge < -0.3 is 13.8 Å². The van der Waals surface area contributed by atoms with E-state index in [1.807, 2.05) is 25.5 Å². The average Bonchev–Trinajstić information content (AvgIpc) is 3.29. The summed E-state index contributed by atoms with van der Waals surface area (Å²) in [7, 11) is 1.23. The summed E-state index contributed by atoms with van der Waals surface area (Å²) in [5.41, 5.74) is 1.33. The van der Waals surface area contributed by atoms with E-state index in [1.165, 1.54) is 20.2 Å². The first kappa shape index (κ1) is 21.9. The number of carbonyl (C=O) groups excluding carboxylic acids is 1. The van der Waals surface area contributed by atoms with Gasteiger partial charge in [-0.15, -0.1) is 0 Å². The van der Waals surface area contributed by atoms with E-state index < -0.39 is 16.0 Å². The van der Waals surface area contributed by atoms with Crippen LogP contribution in [0.4, 0.5) is 0 Å². The molecule has 0 atom stereocenters. The maximum Gasteiger partial charge on any atom is 0.306 e. The minimum atomic E-state index is -3.55. The van der Waals surface area contributed by atoms with Crippen molar-refractivity contribution >= 4 is 27.0 Å². The molecule has 0 unspecified atom stereocenters. The summed E-state index contributed by atoms with van der Waals surface area (Å²) in [6.45, 7) is 3.81. The second-order valence-electron chi connectivity index (χ2n) is 7.39. The van der Waals surface area contributed by atoms with Crippen LogP contribution in [0.5, 0.6) is 0 Å². The number of imidazole rings is 1. The number of rotatable bonds is 8. The number of hydrogen-bond donors (Lipinski definition) is 0. The van der Waals surface area contributed by atoms with Crippen LogP contribution in [0, 0.1) is 0 Å². The van der Waals surface area contributed by atoms with Gasteiger partial charge in [0.05, 0.1) is 22.3 Å². The van der Waals surface area contributed by atoms with Gasteiger partial charge in [0, 0.05) is 33.5 Å². The molecular formula is C19H25N5O5S. The van der Waals surface area contributed by atoms with Gasteiger partial charge >= 0.3 is 5.97 Å². The van der Waals surface area contributed by atoms with Crippen molar-refractivity contribution in [1.29, 1.82) is 0 Å². The molecule has 11 heteroatoms. The minimum Gasteiger partial charge on any atom is -0.456 e.